The second kappa shape index (κ2) is 5.39. The highest BCUT2D eigenvalue weighted by molar-refractivity contribution is 6.21. The molecule has 0 saturated carbocycles. The van der Waals surface area contributed by atoms with Crippen LogP contribution in [0, 0.1) is 13.8 Å². The number of nitrogens with two attached hydrogens (primary N) is 1. The molecule has 22 heavy (non-hydrogen) atoms. The minimum absolute atomic E-state index is 0.191. The number of carbonyl (C=O) groups is 2. The van der Waals surface area contributed by atoms with Crippen molar-refractivity contribution in [3.63, 3.8) is 0 Å². The third-order valence-corrected chi connectivity index (χ3v) is 4.08. The Labute approximate surface area is 129 Å². The third-order valence-electron chi connectivity index (χ3n) is 4.08. The lowest BCUT2D eigenvalue weighted by molar-refractivity contribution is 0.0644. The average Bonchev–Trinajstić information content (AvgIpc) is 2.73. The Hall–Kier alpha value is -2.46. The van der Waals surface area contributed by atoms with Crippen LogP contribution in [-0.4, -0.2) is 23.3 Å². The fourth-order valence-corrected chi connectivity index (χ4v) is 2.94. The molecule has 0 saturated heterocycles. The SMILES string of the molecule is Cc1ccc(C(N)CN2C(=O)c3ccccc3C2=O)c(C)c1. The van der Waals surface area contributed by atoms with Gasteiger partial charge in [0.25, 0.3) is 11.8 Å². The summed E-state index contributed by atoms with van der Waals surface area (Å²) in [6.45, 7) is 4.20. The number of hydrogen-bond donors (Lipinski definition) is 1. The van der Waals surface area contributed by atoms with Gasteiger partial charge >= 0.3 is 0 Å². The second-order valence-electron chi connectivity index (χ2n) is 5.73. The van der Waals surface area contributed by atoms with Gasteiger partial charge in [-0.15, -0.1) is 0 Å². The summed E-state index contributed by atoms with van der Waals surface area (Å²) in [5.41, 5.74) is 10.4. The van der Waals surface area contributed by atoms with Gasteiger partial charge in [0.05, 0.1) is 11.1 Å². The summed E-state index contributed by atoms with van der Waals surface area (Å²) in [5, 5.41) is 0. The van der Waals surface area contributed by atoms with Crippen molar-refractivity contribution in [1.29, 1.82) is 0 Å². The maximum atomic E-state index is 12.4. The van der Waals surface area contributed by atoms with Crippen molar-refractivity contribution >= 4 is 11.8 Å². The minimum atomic E-state index is -0.386. The van der Waals surface area contributed by atoms with Crippen LogP contribution < -0.4 is 5.73 Å². The van der Waals surface area contributed by atoms with E-state index in [9.17, 15) is 9.59 Å². The maximum absolute atomic E-state index is 12.4. The summed E-state index contributed by atoms with van der Waals surface area (Å²) in [7, 11) is 0. The lowest BCUT2D eigenvalue weighted by Gasteiger charge is -2.21. The average molecular weight is 294 g/mol. The molecular formula is C18H18N2O2. The first-order valence-corrected chi connectivity index (χ1v) is 7.27. The number of imide groups is 1. The number of rotatable bonds is 3. The third kappa shape index (κ3) is 2.31. The standard InChI is InChI=1S/C18H18N2O2/c1-11-7-8-13(12(2)9-11)16(19)10-20-17(21)14-5-3-4-6-15(14)18(20)22/h3-9,16H,10,19H2,1-2H3. The molecule has 0 bridgehead atoms. The molecule has 2 N–H and O–H groups in total. The monoisotopic (exact) mass is 294 g/mol. The maximum Gasteiger partial charge on any atom is 0.261 e. The van der Waals surface area contributed by atoms with Gasteiger partial charge in [0.1, 0.15) is 0 Å². The van der Waals surface area contributed by atoms with E-state index in [1.54, 1.807) is 24.3 Å². The quantitative estimate of drug-likeness (QED) is 0.885. The summed E-state index contributed by atoms with van der Waals surface area (Å²) in [6, 6.07) is 12.5. The van der Waals surface area contributed by atoms with Crippen molar-refractivity contribution in [2.24, 2.45) is 5.73 Å². The molecule has 0 radical (unpaired) electrons. The number of aryl methyl sites for hydroxylation is 2. The summed E-state index contributed by atoms with van der Waals surface area (Å²) in [4.78, 5) is 26.0. The lowest BCUT2D eigenvalue weighted by Crippen LogP contribution is -2.36. The molecule has 2 amide bonds. The van der Waals surface area contributed by atoms with Gasteiger partial charge in [0.15, 0.2) is 0 Å². The van der Waals surface area contributed by atoms with Gasteiger partial charge in [-0.1, -0.05) is 35.9 Å². The van der Waals surface area contributed by atoms with E-state index in [0.717, 1.165) is 16.7 Å². The van der Waals surface area contributed by atoms with Crippen molar-refractivity contribution in [3.05, 3.63) is 70.3 Å². The Bertz CT molecular complexity index is 732. The van der Waals surface area contributed by atoms with Crippen LogP contribution in [0.4, 0.5) is 0 Å². The van der Waals surface area contributed by atoms with Crippen molar-refractivity contribution in [1.82, 2.24) is 4.90 Å². The molecule has 1 aliphatic heterocycles. The highest BCUT2D eigenvalue weighted by atomic mass is 16.2. The molecule has 3 rings (SSSR count). The molecule has 1 aliphatic rings. The molecule has 0 aliphatic carbocycles. The van der Waals surface area contributed by atoms with E-state index in [2.05, 4.69) is 6.07 Å². The van der Waals surface area contributed by atoms with Crippen LogP contribution in [0.1, 0.15) is 43.4 Å². The Morgan fingerprint density at radius 3 is 2.14 bits per heavy atom. The summed E-state index contributed by atoms with van der Waals surface area (Å²) in [6.07, 6.45) is 0. The van der Waals surface area contributed by atoms with Gasteiger partial charge in [-0.3, -0.25) is 14.5 Å². The van der Waals surface area contributed by atoms with Crippen LogP contribution in [0.3, 0.4) is 0 Å². The van der Waals surface area contributed by atoms with Crippen molar-refractivity contribution in [3.8, 4) is 0 Å². The molecule has 0 fully saturated rings. The molecule has 1 heterocycles. The Kier molecular flexibility index (Phi) is 3.54. The fourth-order valence-electron chi connectivity index (χ4n) is 2.94. The number of hydrogen-bond acceptors (Lipinski definition) is 3. The van der Waals surface area contributed by atoms with Crippen LogP contribution in [0.25, 0.3) is 0 Å². The Balaban J connectivity index is 1.85. The number of amides is 2. The highest BCUT2D eigenvalue weighted by Gasteiger charge is 2.36. The van der Waals surface area contributed by atoms with Crippen LogP contribution in [0.2, 0.25) is 0 Å². The van der Waals surface area contributed by atoms with Gasteiger partial charge in [0.2, 0.25) is 0 Å². The van der Waals surface area contributed by atoms with E-state index in [0.29, 0.717) is 11.1 Å². The largest absolute Gasteiger partial charge is 0.322 e. The van der Waals surface area contributed by atoms with E-state index < -0.39 is 0 Å². The predicted octanol–water partition coefficient (Wildman–Crippen LogP) is 2.60. The summed E-state index contributed by atoms with van der Waals surface area (Å²) >= 11 is 0. The molecule has 4 nitrogen and oxygen atoms in total. The van der Waals surface area contributed by atoms with Crippen LogP contribution >= 0.6 is 0 Å². The fraction of sp³-hybridized carbons (Fsp3) is 0.222. The van der Waals surface area contributed by atoms with E-state index in [-0.39, 0.29) is 24.4 Å². The molecule has 1 unspecified atom stereocenters. The summed E-state index contributed by atoms with van der Waals surface area (Å²) in [5.74, 6) is -0.526. The van der Waals surface area contributed by atoms with E-state index in [1.165, 1.54) is 4.90 Å². The van der Waals surface area contributed by atoms with E-state index in [1.807, 2.05) is 26.0 Å². The zero-order valence-electron chi connectivity index (χ0n) is 12.7. The zero-order valence-corrected chi connectivity index (χ0v) is 12.7. The zero-order chi connectivity index (χ0) is 15.9. The molecule has 4 heteroatoms. The highest BCUT2D eigenvalue weighted by Crippen LogP contribution is 2.25. The first kappa shape index (κ1) is 14.5. The Morgan fingerprint density at radius 2 is 1.59 bits per heavy atom. The molecule has 2 aromatic carbocycles. The van der Waals surface area contributed by atoms with Crippen molar-refractivity contribution < 1.29 is 9.59 Å². The molecule has 2 aromatic rings. The van der Waals surface area contributed by atoms with E-state index >= 15 is 0 Å². The van der Waals surface area contributed by atoms with Gasteiger partial charge in [-0.2, -0.15) is 0 Å². The van der Waals surface area contributed by atoms with Crippen molar-refractivity contribution in [2.75, 3.05) is 6.54 Å². The molecule has 0 aromatic heterocycles. The molecular weight excluding hydrogens is 276 g/mol. The van der Waals surface area contributed by atoms with Gasteiger partial charge in [0, 0.05) is 12.6 Å². The number of benzene rings is 2. The van der Waals surface area contributed by atoms with Crippen molar-refractivity contribution in [2.45, 2.75) is 19.9 Å². The second-order valence-corrected chi connectivity index (χ2v) is 5.73. The lowest BCUT2D eigenvalue weighted by atomic mass is 9.99. The minimum Gasteiger partial charge on any atom is -0.322 e. The van der Waals surface area contributed by atoms with E-state index in [4.69, 9.17) is 5.73 Å². The van der Waals surface area contributed by atoms with Crippen LogP contribution in [0.15, 0.2) is 42.5 Å². The number of carbonyl (C=O) groups excluding carboxylic acids is 2. The normalized spacial score (nSPS) is 15.1. The summed E-state index contributed by atoms with van der Waals surface area (Å²) < 4.78 is 0. The first-order valence-electron chi connectivity index (χ1n) is 7.27. The smallest absolute Gasteiger partial charge is 0.261 e. The van der Waals surface area contributed by atoms with Crippen LogP contribution in [-0.2, 0) is 0 Å². The topological polar surface area (TPSA) is 63.4 Å². The Morgan fingerprint density at radius 1 is 1.00 bits per heavy atom. The number of nitrogens with zero attached hydrogens (tertiary/aromatic N) is 1. The van der Waals surface area contributed by atoms with Gasteiger partial charge in [-0.25, -0.2) is 0 Å². The van der Waals surface area contributed by atoms with Crippen LogP contribution in [0.5, 0.6) is 0 Å². The first-order chi connectivity index (χ1) is 10.5. The predicted molar refractivity (Wildman–Crippen MR) is 84.7 cm³/mol. The van der Waals surface area contributed by atoms with Gasteiger partial charge < -0.3 is 5.73 Å². The van der Waals surface area contributed by atoms with Gasteiger partial charge in [-0.05, 0) is 37.1 Å². The molecule has 112 valence electrons. The number of fused-ring (bicyclic) bond motifs is 1. The molecule has 1 atom stereocenters. The molecule has 0 spiro atoms.